The maximum Gasteiger partial charge on any atom is 0.409 e. The predicted molar refractivity (Wildman–Crippen MR) is 96.6 cm³/mol. The summed E-state index contributed by atoms with van der Waals surface area (Å²) in [5.41, 5.74) is 1.16. The molecule has 0 aliphatic heterocycles. The summed E-state index contributed by atoms with van der Waals surface area (Å²) in [5, 5.41) is 3.18. The fourth-order valence-electron chi connectivity index (χ4n) is 2.89. The summed E-state index contributed by atoms with van der Waals surface area (Å²) in [4.78, 5) is 25.1. The topological polar surface area (TPSA) is 58.6 Å². The molecule has 0 heterocycles. The van der Waals surface area contributed by atoms with Gasteiger partial charge in [0, 0.05) is 24.5 Å². The molecule has 0 aromatic heterocycles. The second kappa shape index (κ2) is 9.06. The molecule has 1 aliphatic carbocycles. The molecule has 0 radical (unpaired) electrons. The Bertz CT molecular complexity index is 558. The number of nitrogens with zero attached hydrogens (tertiary/aromatic N) is 1. The van der Waals surface area contributed by atoms with Gasteiger partial charge >= 0.3 is 6.09 Å². The quantitative estimate of drug-likeness (QED) is 0.760. The SMILES string of the molecule is COC(=O)N(C)CCCC(=O)NC(c1ccc(Br)cc1)C1CCC1. The lowest BCUT2D eigenvalue weighted by Crippen LogP contribution is -2.36. The van der Waals surface area contributed by atoms with Gasteiger partial charge in [-0.3, -0.25) is 4.79 Å². The minimum absolute atomic E-state index is 0.0353. The molecule has 5 nitrogen and oxygen atoms in total. The first kappa shape index (κ1) is 18.8. The van der Waals surface area contributed by atoms with Crippen molar-refractivity contribution in [1.82, 2.24) is 10.2 Å². The van der Waals surface area contributed by atoms with E-state index >= 15 is 0 Å². The second-order valence-corrected chi connectivity index (χ2v) is 7.20. The molecule has 0 spiro atoms. The highest BCUT2D eigenvalue weighted by molar-refractivity contribution is 9.10. The number of methoxy groups -OCH3 is 1. The van der Waals surface area contributed by atoms with Crippen molar-refractivity contribution in [2.24, 2.45) is 5.92 Å². The molecule has 1 aromatic carbocycles. The van der Waals surface area contributed by atoms with Crippen LogP contribution in [0.3, 0.4) is 0 Å². The zero-order valence-corrected chi connectivity index (χ0v) is 15.8. The zero-order chi connectivity index (χ0) is 17.5. The third-order valence-electron chi connectivity index (χ3n) is 4.55. The molecule has 1 N–H and O–H groups in total. The summed E-state index contributed by atoms with van der Waals surface area (Å²) in [6.45, 7) is 0.506. The molecule has 2 amide bonds. The van der Waals surface area contributed by atoms with E-state index in [1.807, 2.05) is 12.1 Å². The molecule has 132 valence electrons. The van der Waals surface area contributed by atoms with E-state index < -0.39 is 0 Å². The first-order valence-electron chi connectivity index (χ1n) is 8.35. The fourth-order valence-corrected chi connectivity index (χ4v) is 3.15. The Hall–Kier alpha value is -1.56. The molecule has 24 heavy (non-hydrogen) atoms. The Labute approximate surface area is 151 Å². The van der Waals surface area contributed by atoms with Gasteiger partial charge in [0.1, 0.15) is 0 Å². The molecule has 0 bridgehead atoms. The Kier molecular flexibility index (Phi) is 7.09. The highest BCUT2D eigenvalue weighted by Gasteiger charge is 2.29. The molecule has 1 saturated carbocycles. The molecule has 2 rings (SSSR count). The summed E-state index contributed by atoms with van der Waals surface area (Å²) in [6, 6.07) is 8.24. The standard InChI is InChI=1S/C18H25BrN2O3/c1-21(18(23)24-2)12-4-7-16(22)20-17(13-5-3-6-13)14-8-10-15(19)11-9-14/h8-11,13,17H,3-7,12H2,1-2H3,(H,20,22). The third kappa shape index (κ3) is 5.23. The van der Waals surface area contributed by atoms with E-state index in [-0.39, 0.29) is 18.0 Å². The van der Waals surface area contributed by atoms with Crippen molar-refractivity contribution in [2.45, 2.75) is 38.1 Å². The van der Waals surface area contributed by atoms with Gasteiger partial charge < -0.3 is 15.0 Å². The van der Waals surface area contributed by atoms with Crippen molar-refractivity contribution in [1.29, 1.82) is 0 Å². The van der Waals surface area contributed by atoms with Crippen molar-refractivity contribution >= 4 is 27.9 Å². The van der Waals surface area contributed by atoms with E-state index in [2.05, 4.69) is 38.1 Å². The van der Waals surface area contributed by atoms with Crippen molar-refractivity contribution in [3.63, 3.8) is 0 Å². The number of carbonyl (C=O) groups is 2. The van der Waals surface area contributed by atoms with Crippen LogP contribution in [-0.4, -0.2) is 37.6 Å². The van der Waals surface area contributed by atoms with Crippen LogP contribution in [0.15, 0.2) is 28.7 Å². The van der Waals surface area contributed by atoms with Crippen molar-refractivity contribution in [2.75, 3.05) is 20.7 Å². The Balaban J connectivity index is 1.86. The normalized spacial score (nSPS) is 15.3. The number of ether oxygens (including phenoxy) is 1. The van der Waals surface area contributed by atoms with E-state index in [0.29, 0.717) is 25.3 Å². The van der Waals surface area contributed by atoms with Crippen LogP contribution in [-0.2, 0) is 9.53 Å². The van der Waals surface area contributed by atoms with Gasteiger partial charge in [0.2, 0.25) is 5.91 Å². The molecule has 1 fully saturated rings. The van der Waals surface area contributed by atoms with E-state index in [0.717, 1.165) is 22.9 Å². The van der Waals surface area contributed by atoms with Crippen molar-refractivity contribution in [3.8, 4) is 0 Å². The first-order valence-corrected chi connectivity index (χ1v) is 9.14. The van der Waals surface area contributed by atoms with Gasteiger partial charge in [-0.1, -0.05) is 34.5 Å². The Morgan fingerprint density at radius 3 is 2.54 bits per heavy atom. The smallest absolute Gasteiger partial charge is 0.409 e. The van der Waals surface area contributed by atoms with Crippen LogP contribution in [0.1, 0.15) is 43.7 Å². The maximum atomic E-state index is 12.3. The third-order valence-corrected chi connectivity index (χ3v) is 5.08. The lowest BCUT2D eigenvalue weighted by Gasteiger charge is -2.34. The molecular weight excluding hydrogens is 372 g/mol. The van der Waals surface area contributed by atoms with Gasteiger partial charge in [-0.25, -0.2) is 4.79 Å². The number of benzene rings is 1. The number of nitrogens with one attached hydrogen (secondary N) is 1. The largest absolute Gasteiger partial charge is 0.453 e. The minimum Gasteiger partial charge on any atom is -0.453 e. The summed E-state index contributed by atoms with van der Waals surface area (Å²) < 4.78 is 5.68. The van der Waals surface area contributed by atoms with Gasteiger partial charge in [0.25, 0.3) is 0 Å². The van der Waals surface area contributed by atoms with E-state index in [1.54, 1.807) is 7.05 Å². The molecule has 1 aromatic rings. The minimum atomic E-state index is -0.377. The summed E-state index contributed by atoms with van der Waals surface area (Å²) in [5.74, 6) is 0.556. The van der Waals surface area contributed by atoms with E-state index in [9.17, 15) is 9.59 Å². The van der Waals surface area contributed by atoms with E-state index in [4.69, 9.17) is 0 Å². The van der Waals surface area contributed by atoms with Crippen LogP contribution in [0.5, 0.6) is 0 Å². The molecular formula is C18H25BrN2O3. The van der Waals surface area contributed by atoms with Gasteiger partial charge in [-0.2, -0.15) is 0 Å². The monoisotopic (exact) mass is 396 g/mol. The number of hydrogen-bond donors (Lipinski definition) is 1. The van der Waals surface area contributed by atoms with Gasteiger partial charge in [0.05, 0.1) is 13.2 Å². The molecule has 1 unspecified atom stereocenters. The Morgan fingerprint density at radius 2 is 2.00 bits per heavy atom. The lowest BCUT2D eigenvalue weighted by atomic mass is 9.77. The number of amides is 2. The lowest BCUT2D eigenvalue weighted by molar-refractivity contribution is -0.122. The summed E-state index contributed by atoms with van der Waals surface area (Å²) in [6.07, 6.45) is 4.20. The van der Waals surface area contributed by atoms with Gasteiger partial charge in [-0.05, 0) is 42.9 Å². The highest BCUT2D eigenvalue weighted by Crippen LogP contribution is 2.38. The van der Waals surface area contributed by atoms with Crippen LogP contribution in [0.25, 0.3) is 0 Å². The van der Waals surface area contributed by atoms with Crippen molar-refractivity contribution in [3.05, 3.63) is 34.3 Å². The number of hydrogen-bond acceptors (Lipinski definition) is 3. The first-order chi connectivity index (χ1) is 11.5. The number of carbonyl (C=O) groups excluding carboxylic acids is 2. The second-order valence-electron chi connectivity index (χ2n) is 6.28. The molecule has 1 atom stereocenters. The van der Waals surface area contributed by atoms with Crippen LogP contribution in [0.4, 0.5) is 4.79 Å². The molecule has 0 saturated heterocycles. The fraction of sp³-hybridized carbons (Fsp3) is 0.556. The summed E-state index contributed by atoms with van der Waals surface area (Å²) >= 11 is 3.45. The predicted octanol–water partition coefficient (Wildman–Crippen LogP) is 3.88. The zero-order valence-electron chi connectivity index (χ0n) is 14.3. The Morgan fingerprint density at radius 1 is 1.33 bits per heavy atom. The van der Waals surface area contributed by atoms with Crippen LogP contribution in [0.2, 0.25) is 0 Å². The number of halogens is 1. The number of rotatable bonds is 7. The van der Waals surface area contributed by atoms with Crippen LogP contribution in [0, 0.1) is 5.92 Å². The highest BCUT2D eigenvalue weighted by atomic mass is 79.9. The van der Waals surface area contributed by atoms with Crippen molar-refractivity contribution < 1.29 is 14.3 Å². The molecule has 6 heteroatoms. The summed E-state index contributed by atoms with van der Waals surface area (Å²) in [7, 11) is 3.02. The van der Waals surface area contributed by atoms with E-state index in [1.165, 1.54) is 18.4 Å². The average Bonchev–Trinajstić information content (AvgIpc) is 2.52. The molecule has 1 aliphatic rings. The van der Waals surface area contributed by atoms with Crippen LogP contribution < -0.4 is 5.32 Å². The van der Waals surface area contributed by atoms with Gasteiger partial charge in [0.15, 0.2) is 0 Å². The average molecular weight is 397 g/mol. The maximum absolute atomic E-state index is 12.3. The van der Waals surface area contributed by atoms with Crippen LogP contribution >= 0.6 is 15.9 Å². The van der Waals surface area contributed by atoms with Gasteiger partial charge in [-0.15, -0.1) is 0 Å².